The lowest BCUT2D eigenvalue weighted by Crippen LogP contribution is -2.43. The van der Waals surface area contributed by atoms with Crippen LogP contribution in [0, 0.1) is 0 Å². The van der Waals surface area contributed by atoms with Gasteiger partial charge in [0.15, 0.2) is 0 Å². The standard InChI is InChI=1S/C9H20N2OS/c1-4-11(5-2)9(12)8(10)6-7-13-3/h8H,4-7,10H2,1-3H3. The van der Waals surface area contributed by atoms with Gasteiger partial charge >= 0.3 is 0 Å². The smallest absolute Gasteiger partial charge is 0.239 e. The van der Waals surface area contributed by atoms with Crippen LogP contribution >= 0.6 is 11.8 Å². The first kappa shape index (κ1) is 12.8. The summed E-state index contributed by atoms with van der Waals surface area (Å²) in [5, 5.41) is 0. The first-order chi connectivity index (χ1) is 6.17. The summed E-state index contributed by atoms with van der Waals surface area (Å²) < 4.78 is 0. The van der Waals surface area contributed by atoms with E-state index in [2.05, 4.69) is 0 Å². The van der Waals surface area contributed by atoms with Gasteiger partial charge in [0, 0.05) is 13.1 Å². The molecule has 1 amide bonds. The normalized spacial score (nSPS) is 12.6. The Morgan fingerprint density at radius 3 is 2.38 bits per heavy atom. The van der Waals surface area contributed by atoms with Gasteiger partial charge in [-0.25, -0.2) is 0 Å². The van der Waals surface area contributed by atoms with E-state index in [9.17, 15) is 4.79 Å². The van der Waals surface area contributed by atoms with Crippen molar-refractivity contribution in [3.8, 4) is 0 Å². The maximum absolute atomic E-state index is 11.6. The molecular formula is C9H20N2OS. The fourth-order valence-electron chi connectivity index (χ4n) is 1.14. The molecular weight excluding hydrogens is 184 g/mol. The average Bonchev–Trinajstić information content (AvgIpc) is 2.15. The minimum absolute atomic E-state index is 0.0825. The van der Waals surface area contributed by atoms with Crippen molar-refractivity contribution in [1.29, 1.82) is 0 Å². The average molecular weight is 204 g/mol. The third-order valence-corrected chi connectivity index (χ3v) is 2.67. The number of nitrogens with two attached hydrogens (primary N) is 1. The number of likely N-dealkylation sites (N-methyl/N-ethyl adjacent to an activating group) is 1. The molecule has 0 spiro atoms. The Labute approximate surface area is 85.0 Å². The van der Waals surface area contributed by atoms with Crippen molar-refractivity contribution in [3.63, 3.8) is 0 Å². The van der Waals surface area contributed by atoms with Crippen molar-refractivity contribution in [2.24, 2.45) is 5.73 Å². The van der Waals surface area contributed by atoms with E-state index in [0.717, 1.165) is 25.3 Å². The lowest BCUT2D eigenvalue weighted by Gasteiger charge is -2.22. The van der Waals surface area contributed by atoms with Crippen LogP contribution in [0.1, 0.15) is 20.3 Å². The van der Waals surface area contributed by atoms with Crippen molar-refractivity contribution in [2.45, 2.75) is 26.3 Å². The minimum atomic E-state index is -0.313. The molecule has 2 N–H and O–H groups in total. The quantitative estimate of drug-likeness (QED) is 0.700. The molecule has 0 rings (SSSR count). The van der Waals surface area contributed by atoms with Crippen molar-refractivity contribution in [1.82, 2.24) is 4.90 Å². The molecule has 0 aromatic heterocycles. The Bertz CT molecular complexity index is 149. The summed E-state index contributed by atoms with van der Waals surface area (Å²) in [7, 11) is 0. The van der Waals surface area contributed by atoms with E-state index in [1.165, 1.54) is 0 Å². The fraction of sp³-hybridized carbons (Fsp3) is 0.889. The number of rotatable bonds is 6. The van der Waals surface area contributed by atoms with Gasteiger partial charge < -0.3 is 10.6 Å². The number of amides is 1. The van der Waals surface area contributed by atoms with E-state index in [0.29, 0.717) is 0 Å². The van der Waals surface area contributed by atoms with Crippen molar-refractivity contribution in [3.05, 3.63) is 0 Å². The van der Waals surface area contributed by atoms with Crippen LogP contribution < -0.4 is 5.73 Å². The number of nitrogens with zero attached hydrogens (tertiary/aromatic N) is 1. The SMILES string of the molecule is CCN(CC)C(=O)C(N)CCSC. The van der Waals surface area contributed by atoms with Gasteiger partial charge in [-0.2, -0.15) is 11.8 Å². The molecule has 3 nitrogen and oxygen atoms in total. The van der Waals surface area contributed by atoms with Gasteiger partial charge in [-0.1, -0.05) is 0 Å². The summed E-state index contributed by atoms with van der Waals surface area (Å²) in [6.07, 6.45) is 2.80. The fourth-order valence-corrected chi connectivity index (χ4v) is 1.63. The molecule has 0 aliphatic carbocycles. The molecule has 0 aliphatic rings. The Balaban J connectivity index is 3.92. The van der Waals surface area contributed by atoms with E-state index < -0.39 is 0 Å². The first-order valence-corrected chi connectivity index (χ1v) is 6.10. The molecule has 0 aliphatic heterocycles. The Morgan fingerprint density at radius 1 is 1.46 bits per heavy atom. The molecule has 0 radical (unpaired) electrons. The molecule has 0 saturated carbocycles. The van der Waals surface area contributed by atoms with Crippen LogP contribution in [0.4, 0.5) is 0 Å². The van der Waals surface area contributed by atoms with E-state index in [1.54, 1.807) is 16.7 Å². The molecule has 0 aromatic carbocycles. The summed E-state index contributed by atoms with van der Waals surface area (Å²) >= 11 is 1.72. The van der Waals surface area contributed by atoms with Crippen LogP contribution in [-0.4, -0.2) is 41.9 Å². The van der Waals surface area contributed by atoms with Crippen LogP contribution in [0.25, 0.3) is 0 Å². The van der Waals surface area contributed by atoms with Gasteiger partial charge in [0.05, 0.1) is 6.04 Å². The summed E-state index contributed by atoms with van der Waals surface area (Å²) in [6.45, 7) is 5.45. The molecule has 0 bridgehead atoms. The summed E-state index contributed by atoms with van der Waals surface area (Å²) in [6, 6.07) is -0.313. The van der Waals surface area contributed by atoms with Crippen LogP contribution in [0.5, 0.6) is 0 Å². The summed E-state index contributed by atoms with van der Waals surface area (Å²) in [5.74, 6) is 1.04. The van der Waals surface area contributed by atoms with Gasteiger partial charge in [-0.15, -0.1) is 0 Å². The lowest BCUT2D eigenvalue weighted by molar-refractivity contribution is -0.132. The van der Waals surface area contributed by atoms with Crippen LogP contribution in [0.2, 0.25) is 0 Å². The third kappa shape index (κ3) is 4.52. The largest absolute Gasteiger partial charge is 0.342 e. The third-order valence-electron chi connectivity index (χ3n) is 2.03. The summed E-state index contributed by atoms with van der Waals surface area (Å²) in [5.41, 5.74) is 5.75. The van der Waals surface area contributed by atoms with Gasteiger partial charge in [0.25, 0.3) is 0 Å². The molecule has 4 heteroatoms. The van der Waals surface area contributed by atoms with Crippen LogP contribution in [-0.2, 0) is 4.79 Å². The minimum Gasteiger partial charge on any atom is -0.342 e. The highest BCUT2D eigenvalue weighted by Crippen LogP contribution is 2.02. The number of hydrogen-bond donors (Lipinski definition) is 1. The molecule has 1 atom stereocenters. The van der Waals surface area contributed by atoms with Gasteiger partial charge in [-0.05, 0) is 32.3 Å². The zero-order valence-corrected chi connectivity index (χ0v) is 9.56. The highest BCUT2D eigenvalue weighted by Gasteiger charge is 2.17. The highest BCUT2D eigenvalue weighted by atomic mass is 32.2. The molecule has 0 fully saturated rings. The molecule has 0 heterocycles. The Morgan fingerprint density at radius 2 is 2.00 bits per heavy atom. The molecule has 13 heavy (non-hydrogen) atoms. The van der Waals surface area contributed by atoms with Crippen molar-refractivity contribution >= 4 is 17.7 Å². The predicted octanol–water partition coefficient (Wildman–Crippen LogP) is 0.935. The van der Waals surface area contributed by atoms with Crippen LogP contribution in [0.3, 0.4) is 0 Å². The maximum atomic E-state index is 11.6. The molecule has 78 valence electrons. The highest BCUT2D eigenvalue weighted by molar-refractivity contribution is 7.98. The number of thioether (sulfide) groups is 1. The topological polar surface area (TPSA) is 46.3 Å². The molecule has 0 saturated heterocycles. The van der Waals surface area contributed by atoms with Gasteiger partial charge in [-0.3, -0.25) is 4.79 Å². The van der Waals surface area contributed by atoms with Crippen molar-refractivity contribution in [2.75, 3.05) is 25.1 Å². The number of carbonyl (C=O) groups is 1. The second-order valence-electron chi connectivity index (χ2n) is 2.90. The zero-order chi connectivity index (χ0) is 10.3. The number of carbonyl (C=O) groups excluding carboxylic acids is 1. The van der Waals surface area contributed by atoms with Crippen LogP contribution in [0.15, 0.2) is 0 Å². The van der Waals surface area contributed by atoms with Gasteiger partial charge in [0.2, 0.25) is 5.91 Å². The lowest BCUT2D eigenvalue weighted by atomic mass is 10.2. The van der Waals surface area contributed by atoms with Crippen molar-refractivity contribution < 1.29 is 4.79 Å². The Kier molecular flexibility index (Phi) is 7.09. The second kappa shape index (κ2) is 7.21. The molecule has 1 unspecified atom stereocenters. The monoisotopic (exact) mass is 204 g/mol. The van der Waals surface area contributed by atoms with E-state index in [1.807, 2.05) is 20.1 Å². The van der Waals surface area contributed by atoms with E-state index in [-0.39, 0.29) is 11.9 Å². The number of hydrogen-bond acceptors (Lipinski definition) is 3. The first-order valence-electron chi connectivity index (χ1n) is 4.70. The second-order valence-corrected chi connectivity index (χ2v) is 3.88. The Hall–Kier alpha value is -0.220. The van der Waals surface area contributed by atoms with E-state index >= 15 is 0 Å². The van der Waals surface area contributed by atoms with Gasteiger partial charge in [0.1, 0.15) is 0 Å². The molecule has 0 aromatic rings. The van der Waals surface area contributed by atoms with E-state index in [4.69, 9.17) is 5.73 Å². The summed E-state index contributed by atoms with van der Waals surface area (Å²) in [4.78, 5) is 13.4. The zero-order valence-electron chi connectivity index (χ0n) is 8.75. The predicted molar refractivity (Wildman–Crippen MR) is 58.9 cm³/mol. The maximum Gasteiger partial charge on any atom is 0.239 e.